The van der Waals surface area contributed by atoms with Crippen LogP contribution in [0.5, 0.6) is 5.75 Å². The molecule has 0 aliphatic carbocycles. The van der Waals surface area contributed by atoms with Crippen LogP contribution in [-0.4, -0.2) is 17.6 Å². The number of aliphatic hydroxyl groups is 1. The summed E-state index contributed by atoms with van der Waals surface area (Å²) in [5.74, 6) is 0.406. The van der Waals surface area contributed by atoms with Crippen molar-refractivity contribution in [2.24, 2.45) is 0 Å². The van der Waals surface area contributed by atoms with E-state index in [1.807, 2.05) is 12.3 Å². The van der Waals surface area contributed by atoms with Gasteiger partial charge in [0.15, 0.2) is 6.61 Å². The Hall–Kier alpha value is -1.56. The van der Waals surface area contributed by atoms with E-state index in [-0.39, 0.29) is 12.5 Å². The van der Waals surface area contributed by atoms with Crippen molar-refractivity contribution in [1.29, 1.82) is 0 Å². The smallest absolute Gasteiger partial charge is 0.262 e. The molecular formula is C14H12ClNO3S. The van der Waals surface area contributed by atoms with Crippen molar-refractivity contribution >= 4 is 34.5 Å². The van der Waals surface area contributed by atoms with E-state index in [1.165, 1.54) is 11.3 Å². The highest BCUT2D eigenvalue weighted by molar-refractivity contribution is 7.10. The van der Waals surface area contributed by atoms with E-state index in [4.69, 9.17) is 16.3 Å². The summed E-state index contributed by atoms with van der Waals surface area (Å²) in [6.45, 7) is 1.92. The lowest BCUT2D eigenvalue weighted by Crippen LogP contribution is -2.25. The van der Waals surface area contributed by atoms with Gasteiger partial charge in [0.05, 0.1) is 15.6 Å². The zero-order valence-corrected chi connectivity index (χ0v) is 12.2. The van der Waals surface area contributed by atoms with E-state index in [2.05, 4.69) is 5.32 Å². The van der Waals surface area contributed by atoms with Crippen LogP contribution in [0.1, 0.15) is 22.1 Å². The van der Waals surface area contributed by atoms with Crippen molar-refractivity contribution in [3.8, 4) is 5.75 Å². The van der Waals surface area contributed by atoms with E-state index < -0.39 is 6.10 Å². The molecule has 0 radical (unpaired) electrons. The number of benzene rings is 1. The third-order valence-electron chi connectivity index (χ3n) is 3.13. The fourth-order valence-electron chi connectivity index (χ4n) is 2.06. The number of amides is 1. The van der Waals surface area contributed by atoms with Crippen LogP contribution < -0.4 is 10.1 Å². The van der Waals surface area contributed by atoms with Gasteiger partial charge < -0.3 is 15.2 Å². The number of rotatable bonds is 2. The molecule has 0 fully saturated rings. The number of thiophene rings is 1. The van der Waals surface area contributed by atoms with Crippen molar-refractivity contribution in [3.05, 3.63) is 44.6 Å². The number of carbonyl (C=O) groups excluding carboxylic acids is 1. The van der Waals surface area contributed by atoms with Crippen molar-refractivity contribution in [2.75, 3.05) is 11.9 Å². The molecule has 2 heterocycles. The maximum absolute atomic E-state index is 11.3. The maximum atomic E-state index is 11.3. The van der Waals surface area contributed by atoms with E-state index in [9.17, 15) is 9.90 Å². The number of ether oxygens (including phenoxy) is 1. The number of fused-ring (bicyclic) bond motifs is 1. The first-order chi connectivity index (χ1) is 9.56. The highest BCUT2D eigenvalue weighted by atomic mass is 35.5. The van der Waals surface area contributed by atoms with E-state index in [0.29, 0.717) is 26.9 Å². The molecule has 1 aliphatic heterocycles. The van der Waals surface area contributed by atoms with Gasteiger partial charge in [-0.25, -0.2) is 0 Å². The molecule has 0 spiro atoms. The minimum absolute atomic E-state index is 0.0187. The monoisotopic (exact) mass is 309 g/mol. The topological polar surface area (TPSA) is 58.6 Å². The molecule has 2 N–H and O–H groups in total. The van der Waals surface area contributed by atoms with E-state index in [0.717, 1.165) is 5.56 Å². The molecule has 1 aromatic carbocycles. The van der Waals surface area contributed by atoms with E-state index in [1.54, 1.807) is 18.2 Å². The Bertz CT molecular complexity index is 683. The molecule has 104 valence electrons. The lowest BCUT2D eigenvalue weighted by molar-refractivity contribution is -0.118. The van der Waals surface area contributed by atoms with Crippen LogP contribution in [0.25, 0.3) is 0 Å². The summed E-state index contributed by atoms with van der Waals surface area (Å²) in [6.07, 6.45) is -0.815. The molecule has 20 heavy (non-hydrogen) atoms. The largest absolute Gasteiger partial charge is 0.482 e. The molecule has 1 atom stereocenters. The Morgan fingerprint density at radius 1 is 1.50 bits per heavy atom. The van der Waals surface area contributed by atoms with Gasteiger partial charge in [-0.15, -0.1) is 11.3 Å². The number of anilines is 1. The van der Waals surface area contributed by atoms with Crippen molar-refractivity contribution in [1.82, 2.24) is 0 Å². The van der Waals surface area contributed by atoms with Gasteiger partial charge in [0.25, 0.3) is 5.91 Å². The van der Waals surface area contributed by atoms with Crippen molar-refractivity contribution < 1.29 is 14.6 Å². The Kier molecular flexibility index (Phi) is 3.41. The normalized spacial score (nSPS) is 15.2. The van der Waals surface area contributed by atoms with Crippen LogP contribution >= 0.6 is 22.9 Å². The molecule has 3 rings (SSSR count). The second kappa shape index (κ2) is 5.09. The molecule has 1 aromatic heterocycles. The van der Waals surface area contributed by atoms with Crippen LogP contribution in [0.3, 0.4) is 0 Å². The maximum Gasteiger partial charge on any atom is 0.262 e. The molecule has 1 unspecified atom stereocenters. The summed E-state index contributed by atoms with van der Waals surface area (Å²) in [5.41, 5.74) is 2.18. The average Bonchev–Trinajstić information content (AvgIpc) is 2.77. The van der Waals surface area contributed by atoms with Crippen LogP contribution in [0.15, 0.2) is 23.6 Å². The number of hydrogen-bond acceptors (Lipinski definition) is 4. The summed E-state index contributed by atoms with van der Waals surface area (Å²) in [7, 11) is 0. The number of hydrogen-bond donors (Lipinski definition) is 2. The summed E-state index contributed by atoms with van der Waals surface area (Å²) in [5, 5.41) is 15.6. The molecule has 0 bridgehead atoms. The van der Waals surface area contributed by atoms with Crippen molar-refractivity contribution in [3.63, 3.8) is 0 Å². The first kappa shape index (κ1) is 13.4. The molecule has 4 nitrogen and oxygen atoms in total. The highest BCUT2D eigenvalue weighted by Gasteiger charge is 2.21. The standard InChI is InChI=1S/C14H12ClNO3S/c1-7-6-20-14(12(7)15)13(18)8-2-3-10-9(4-8)16-11(17)5-19-10/h2-4,6,13,18H,5H2,1H3,(H,16,17). The summed E-state index contributed by atoms with van der Waals surface area (Å²) < 4.78 is 5.29. The summed E-state index contributed by atoms with van der Waals surface area (Å²) in [6, 6.07) is 5.22. The molecular weight excluding hydrogens is 298 g/mol. The minimum Gasteiger partial charge on any atom is -0.482 e. The predicted molar refractivity (Wildman–Crippen MR) is 78.7 cm³/mol. The van der Waals surface area contributed by atoms with Crippen LogP contribution in [0.2, 0.25) is 5.02 Å². The van der Waals surface area contributed by atoms with E-state index >= 15 is 0 Å². The number of aryl methyl sites for hydroxylation is 1. The second-order valence-corrected chi connectivity index (χ2v) is 5.88. The first-order valence-corrected chi connectivity index (χ1v) is 7.30. The lowest BCUT2D eigenvalue weighted by atomic mass is 10.1. The Morgan fingerprint density at radius 2 is 2.30 bits per heavy atom. The highest BCUT2D eigenvalue weighted by Crippen LogP contribution is 2.38. The first-order valence-electron chi connectivity index (χ1n) is 6.04. The van der Waals surface area contributed by atoms with Crippen molar-refractivity contribution in [2.45, 2.75) is 13.0 Å². The predicted octanol–water partition coefficient (Wildman–Crippen LogP) is 3.12. The Balaban J connectivity index is 1.96. The van der Waals surface area contributed by atoms with Gasteiger partial charge in [0.1, 0.15) is 11.9 Å². The van der Waals surface area contributed by atoms with Gasteiger partial charge in [0, 0.05) is 0 Å². The molecule has 0 saturated carbocycles. The zero-order chi connectivity index (χ0) is 14.3. The van der Waals surface area contributed by atoms with Gasteiger partial charge in [-0.3, -0.25) is 4.79 Å². The SMILES string of the molecule is Cc1csc(C(O)c2ccc3c(c2)NC(=O)CO3)c1Cl. The van der Waals surface area contributed by atoms with Gasteiger partial charge in [-0.05, 0) is 35.6 Å². The zero-order valence-electron chi connectivity index (χ0n) is 10.6. The quantitative estimate of drug-likeness (QED) is 0.896. The molecule has 1 amide bonds. The van der Waals surface area contributed by atoms with Crippen LogP contribution in [0, 0.1) is 6.92 Å². The fraction of sp³-hybridized carbons (Fsp3) is 0.214. The lowest BCUT2D eigenvalue weighted by Gasteiger charge is -2.19. The van der Waals surface area contributed by atoms with Gasteiger partial charge >= 0.3 is 0 Å². The van der Waals surface area contributed by atoms with Gasteiger partial charge in [-0.2, -0.15) is 0 Å². The molecule has 0 saturated heterocycles. The second-order valence-electron chi connectivity index (χ2n) is 4.59. The average molecular weight is 310 g/mol. The number of halogens is 1. The van der Waals surface area contributed by atoms with Gasteiger partial charge in [-0.1, -0.05) is 17.7 Å². The van der Waals surface area contributed by atoms with Crippen LogP contribution in [-0.2, 0) is 4.79 Å². The van der Waals surface area contributed by atoms with Crippen LogP contribution in [0.4, 0.5) is 5.69 Å². The fourth-order valence-corrected chi connectivity index (χ4v) is 3.36. The Labute approximate surface area is 125 Å². The molecule has 6 heteroatoms. The number of nitrogens with one attached hydrogen (secondary N) is 1. The Morgan fingerprint density at radius 3 is 3.00 bits per heavy atom. The number of aliphatic hydroxyl groups excluding tert-OH is 1. The number of carbonyl (C=O) groups is 1. The third-order valence-corrected chi connectivity index (χ3v) is 4.89. The third kappa shape index (κ3) is 2.28. The molecule has 1 aliphatic rings. The summed E-state index contributed by atoms with van der Waals surface area (Å²) >= 11 is 7.59. The van der Waals surface area contributed by atoms with Gasteiger partial charge in [0.2, 0.25) is 0 Å². The summed E-state index contributed by atoms with van der Waals surface area (Å²) in [4.78, 5) is 12.0. The molecule has 2 aromatic rings. The minimum atomic E-state index is -0.815.